The number of esters is 1. The number of ketones is 1. The maximum Gasteiger partial charge on any atom is 0.306 e. The quantitative estimate of drug-likeness (QED) is 0.539. The Morgan fingerprint density at radius 2 is 2.19 bits per heavy atom. The fourth-order valence-corrected chi connectivity index (χ4v) is 2.20. The molecule has 1 aliphatic rings. The van der Waals surface area contributed by atoms with Gasteiger partial charge in [-0.25, -0.2) is 0 Å². The van der Waals surface area contributed by atoms with Gasteiger partial charge in [-0.05, 0) is 19.8 Å². The Morgan fingerprint density at radius 1 is 1.50 bits per heavy atom. The van der Waals surface area contributed by atoms with Crippen molar-refractivity contribution in [3.63, 3.8) is 0 Å². The van der Waals surface area contributed by atoms with E-state index in [0.717, 1.165) is 19.3 Å². The third kappa shape index (κ3) is 3.37. The van der Waals surface area contributed by atoms with Gasteiger partial charge in [0.05, 0.1) is 13.0 Å². The van der Waals surface area contributed by atoms with Crippen LogP contribution in [0.3, 0.4) is 0 Å². The molecule has 16 heavy (non-hydrogen) atoms. The van der Waals surface area contributed by atoms with Crippen molar-refractivity contribution in [1.82, 2.24) is 0 Å². The average molecular weight is 222 g/mol. The smallest absolute Gasteiger partial charge is 0.306 e. The van der Waals surface area contributed by atoms with E-state index in [9.17, 15) is 9.59 Å². The van der Waals surface area contributed by atoms with E-state index in [1.807, 2.05) is 0 Å². The van der Waals surface area contributed by atoms with Crippen molar-refractivity contribution >= 4 is 11.8 Å². The fourth-order valence-electron chi connectivity index (χ4n) is 2.20. The molecule has 0 saturated heterocycles. The van der Waals surface area contributed by atoms with Gasteiger partial charge in [0.2, 0.25) is 0 Å². The molecule has 0 N–H and O–H groups in total. The Morgan fingerprint density at radius 3 is 2.81 bits per heavy atom. The first-order valence-corrected chi connectivity index (χ1v) is 5.81. The lowest BCUT2D eigenvalue weighted by molar-refractivity contribution is -0.147. The van der Waals surface area contributed by atoms with Gasteiger partial charge < -0.3 is 4.74 Å². The second-order valence-electron chi connectivity index (χ2n) is 4.14. The molecular weight excluding hydrogens is 204 g/mol. The van der Waals surface area contributed by atoms with Crippen LogP contribution in [-0.2, 0) is 14.3 Å². The summed E-state index contributed by atoms with van der Waals surface area (Å²) in [6.07, 6.45) is 8.56. The highest BCUT2D eigenvalue weighted by atomic mass is 16.5. The second-order valence-corrected chi connectivity index (χ2v) is 4.14. The predicted molar refractivity (Wildman–Crippen MR) is 60.5 cm³/mol. The Bertz CT molecular complexity index is 301. The maximum absolute atomic E-state index is 12.0. The van der Waals surface area contributed by atoms with Gasteiger partial charge in [0.15, 0.2) is 0 Å². The first-order chi connectivity index (χ1) is 7.69. The molecule has 1 fully saturated rings. The Labute approximate surface area is 96.5 Å². The Hall–Kier alpha value is -1.30. The van der Waals surface area contributed by atoms with Crippen LogP contribution in [0.25, 0.3) is 0 Å². The summed E-state index contributed by atoms with van der Waals surface area (Å²) < 4.78 is 4.86. The first-order valence-electron chi connectivity index (χ1n) is 5.81. The lowest BCUT2D eigenvalue weighted by atomic mass is 9.77. The van der Waals surface area contributed by atoms with E-state index in [1.54, 1.807) is 6.92 Å². The van der Waals surface area contributed by atoms with E-state index in [1.165, 1.54) is 0 Å². The van der Waals surface area contributed by atoms with Crippen molar-refractivity contribution in [2.24, 2.45) is 11.8 Å². The van der Waals surface area contributed by atoms with Gasteiger partial charge in [-0.3, -0.25) is 9.59 Å². The number of carbonyl (C=O) groups excluding carboxylic acids is 2. The van der Waals surface area contributed by atoms with E-state index in [4.69, 9.17) is 11.2 Å². The molecule has 0 heterocycles. The molecule has 3 heteroatoms. The average Bonchev–Trinajstić information content (AvgIpc) is 2.24. The molecule has 1 saturated carbocycles. The Balaban J connectivity index is 2.50. The SMILES string of the molecule is C#CCC1CCCC(CC(=O)OCC)C1=O. The number of rotatable bonds is 4. The second kappa shape index (κ2) is 6.32. The third-order valence-electron chi connectivity index (χ3n) is 2.99. The highest BCUT2D eigenvalue weighted by Crippen LogP contribution is 2.29. The van der Waals surface area contributed by atoms with Crippen molar-refractivity contribution in [1.29, 1.82) is 0 Å². The van der Waals surface area contributed by atoms with Crippen molar-refractivity contribution in [3.8, 4) is 12.3 Å². The molecule has 0 aromatic rings. The van der Waals surface area contributed by atoms with E-state index in [0.29, 0.717) is 13.0 Å². The van der Waals surface area contributed by atoms with Crippen molar-refractivity contribution in [2.45, 2.75) is 39.0 Å². The van der Waals surface area contributed by atoms with Crippen LogP contribution in [-0.4, -0.2) is 18.4 Å². The summed E-state index contributed by atoms with van der Waals surface area (Å²) >= 11 is 0. The molecule has 1 rings (SSSR count). The molecule has 0 aromatic carbocycles. The topological polar surface area (TPSA) is 43.4 Å². The summed E-state index contributed by atoms with van der Waals surface area (Å²) in [5.74, 6) is 2.19. The van der Waals surface area contributed by atoms with Crippen LogP contribution in [0.2, 0.25) is 0 Å². The highest BCUT2D eigenvalue weighted by molar-refractivity contribution is 5.87. The van der Waals surface area contributed by atoms with Gasteiger partial charge >= 0.3 is 5.97 Å². The normalized spacial score (nSPS) is 24.9. The van der Waals surface area contributed by atoms with Crippen LogP contribution < -0.4 is 0 Å². The van der Waals surface area contributed by atoms with Crippen LogP contribution in [0, 0.1) is 24.2 Å². The summed E-state index contributed by atoms with van der Waals surface area (Å²) in [5, 5.41) is 0. The van der Waals surface area contributed by atoms with Crippen molar-refractivity contribution in [2.75, 3.05) is 6.61 Å². The molecule has 1 aliphatic carbocycles. The van der Waals surface area contributed by atoms with E-state index in [2.05, 4.69) is 5.92 Å². The van der Waals surface area contributed by atoms with Gasteiger partial charge in [0, 0.05) is 18.3 Å². The minimum Gasteiger partial charge on any atom is -0.466 e. The van der Waals surface area contributed by atoms with Crippen molar-refractivity contribution < 1.29 is 14.3 Å². The summed E-state index contributed by atoms with van der Waals surface area (Å²) in [6, 6.07) is 0. The summed E-state index contributed by atoms with van der Waals surface area (Å²) in [6.45, 7) is 2.13. The number of carbonyl (C=O) groups is 2. The zero-order chi connectivity index (χ0) is 12.0. The third-order valence-corrected chi connectivity index (χ3v) is 2.99. The first kappa shape index (κ1) is 12.8. The minimum atomic E-state index is -0.276. The lowest BCUT2D eigenvalue weighted by Crippen LogP contribution is -2.30. The maximum atomic E-state index is 12.0. The molecule has 0 bridgehead atoms. The number of hydrogen-bond donors (Lipinski definition) is 0. The minimum absolute atomic E-state index is 0.0434. The number of Topliss-reactive ketones (excluding diaryl/α,β-unsaturated/α-hetero) is 1. The molecular formula is C13H18O3. The summed E-state index contributed by atoms with van der Waals surface area (Å²) in [7, 11) is 0. The summed E-state index contributed by atoms with van der Waals surface area (Å²) in [4.78, 5) is 23.3. The number of terminal acetylenes is 1. The molecule has 0 amide bonds. The molecule has 3 nitrogen and oxygen atoms in total. The van der Waals surface area contributed by atoms with Crippen LogP contribution >= 0.6 is 0 Å². The molecule has 88 valence electrons. The monoisotopic (exact) mass is 222 g/mol. The van der Waals surface area contributed by atoms with Gasteiger partial charge in [0.1, 0.15) is 5.78 Å². The largest absolute Gasteiger partial charge is 0.466 e. The molecule has 2 unspecified atom stereocenters. The number of ether oxygens (including phenoxy) is 1. The van der Waals surface area contributed by atoms with Crippen molar-refractivity contribution in [3.05, 3.63) is 0 Å². The molecule has 0 radical (unpaired) electrons. The lowest BCUT2D eigenvalue weighted by Gasteiger charge is -2.25. The summed E-state index contributed by atoms with van der Waals surface area (Å²) in [5.41, 5.74) is 0. The molecule has 0 aliphatic heterocycles. The fraction of sp³-hybridized carbons (Fsp3) is 0.692. The van der Waals surface area contributed by atoms with E-state index in [-0.39, 0.29) is 30.0 Å². The molecule has 0 aromatic heterocycles. The zero-order valence-corrected chi connectivity index (χ0v) is 9.70. The van der Waals surface area contributed by atoms with Gasteiger partial charge in [-0.1, -0.05) is 6.42 Å². The number of hydrogen-bond acceptors (Lipinski definition) is 3. The van der Waals surface area contributed by atoms with E-state index < -0.39 is 0 Å². The molecule has 0 spiro atoms. The van der Waals surface area contributed by atoms with E-state index >= 15 is 0 Å². The highest BCUT2D eigenvalue weighted by Gasteiger charge is 2.32. The van der Waals surface area contributed by atoms with Crippen LogP contribution in [0.1, 0.15) is 39.0 Å². The van der Waals surface area contributed by atoms with Gasteiger partial charge in [-0.15, -0.1) is 12.3 Å². The van der Waals surface area contributed by atoms with Crippen LogP contribution in [0.15, 0.2) is 0 Å². The standard InChI is InChI=1S/C13H18O3/c1-3-6-10-7-5-8-11(13(10)15)9-12(14)16-4-2/h1,10-11H,4-9H2,2H3. The van der Waals surface area contributed by atoms with Crippen LogP contribution in [0.4, 0.5) is 0 Å². The van der Waals surface area contributed by atoms with Gasteiger partial charge in [-0.2, -0.15) is 0 Å². The zero-order valence-electron chi connectivity index (χ0n) is 9.70. The van der Waals surface area contributed by atoms with Gasteiger partial charge in [0.25, 0.3) is 0 Å². The van der Waals surface area contributed by atoms with Crippen LogP contribution in [0.5, 0.6) is 0 Å². The predicted octanol–water partition coefficient (Wildman–Crippen LogP) is 1.95. The Kier molecular flexibility index (Phi) is 5.04. The molecule has 2 atom stereocenters.